The van der Waals surface area contributed by atoms with E-state index in [4.69, 9.17) is 0 Å². The van der Waals surface area contributed by atoms with Gasteiger partial charge < -0.3 is 5.11 Å². The third-order valence-electron chi connectivity index (χ3n) is 4.17. The highest BCUT2D eigenvalue weighted by atomic mass is 32.2. The third kappa shape index (κ3) is 3.23. The minimum absolute atomic E-state index is 0.0643. The zero-order valence-electron chi connectivity index (χ0n) is 11.1. The second-order valence-electron chi connectivity index (χ2n) is 5.71. The molecule has 0 bridgehead atoms. The number of nitrogens with one attached hydrogen (secondary N) is 1. The fourth-order valence-electron chi connectivity index (χ4n) is 2.95. The lowest BCUT2D eigenvalue weighted by Gasteiger charge is -2.33. The van der Waals surface area contributed by atoms with Gasteiger partial charge in [0.25, 0.3) is 10.2 Å². The predicted molar refractivity (Wildman–Crippen MR) is 70.4 cm³/mol. The van der Waals surface area contributed by atoms with Crippen LogP contribution in [0.1, 0.15) is 51.9 Å². The van der Waals surface area contributed by atoms with E-state index in [1.807, 2.05) is 6.92 Å². The van der Waals surface area contributed by atoms with Gasteiger partial charge in [-0.2, -0.15) is 17.4 Å². The number of nitrogens with zero attached hydrogens (tertiary/aromatic N) is 1. The standard InChI is InChI=1S/C12H24N2O3S/c1-11-6-2-5-9-14(11)18(16,17)13-10-12(15)7-3-4-8-12/h11,13,15H,2-10H2,1H3. The number of hydrogen-bond acceptors (Lipinski definition) is 3. The average molecular weight is 276 g/mol. The Morgan fingerprint density at radius 1 is 1.28 bits per heavy atom. The van der Waals surface area contributed by atoms with Gasteiger partial charge >= 0.3 is 0 Å². The maximum absolute atomic E-state index is 12.2. The molecule has 0 amide bonds. The molecule has 0 aromatic rings. The molecular weight excluding hydrogens is 252 g/mol. The quantitative estimate of drug-likeness (QED) is 0.805. The lowest BCUT2D eigenvalue weighted by Crippen LogP contribution is -2.51. The first-order chi connectivity index (χ1) is 8.43. The minimum Gasteiger partial charge on any atom is -0.389 e. The molecule has 5 nitrogen and oxygen atoms in total. The molecule has 2 fully saturated rings. The molecule has 1 atom stereocenters. The van der Waals surface area contributed by atoms with Gasteiger partial charge in [0.2, 0.25) is 0 Å². The van der Waals surface area contributed by atoms with Crippen molar-refractivity contribution < 1.29 is 13.5 Å². The van der Waals surface area contributed by atoms with Crippen LogP contribution in [0.5, 0.6) is 0 Å². The largest absolute Gasteiger partial charge is 0.389 e. The maximum atomic E-state index is 12.2. The zero-order chi connectivity index (χ0) is 13.2. The summed E-state index contributed by atoms with van der Waals surface area (Å²) in [4.78, 5) is 0. The summed E-state index contributed by atoms with van der Waals surface area (Å²) in [6.45, 7) is 2.69. The van der Waals surface area contributed by atoms with Gasteiger partial charge in [-0.3, -0.25) is 0 Å². The van der Waals surface area contributed by atoms with E-state index >= 15 is 0 Å². The summed E-state index contributed by atoms with van der Waals surface area (Å²) >= 11 is 0. The molecule has 18 heavy (non-hydrogen) atoms. The molecule has 106 valence electrons. The van der Waals surface area contributed by atoms with E-state index in [9.17, 15) is 13.5 Å². The summed E-state index contributed by atoms with van der Waals surface area (Å²) in [5, 5.41) is 10.2. The minimum atomic E-state index is -3.43. The molecule has 1 aliphatic heterocycles. The molecule has 2 rings (SSSR count). The first kappa shape index (κ1) is 14.2. The molecule has 0 aromatic heterocycles. The van der Waals surface area contributed by atoms with Gasteiger partial charge in [-0.05, 0) is 32.6 Å². The van der Waals surface area contributed by atoms with Crippen LogP contribution in [0.4, 0.5) is 0 Å². The van der Waals surface area contributed by atoms with E-state index in [2.05, 4.69) is 4.72 Å². The number of hydrogen-bond donors (Lipinski definition) is 2. The molecule has 1 saturated carbocycles. The summed E-state index contributed by atoms with van der Waals surface area (Å²) in [7, 11) is -3.43. The maximum Gasteiger partial charge on any atom is 0.279 e. The van der Waals surface area contributed by atoms with Gasteiger partial charge in [0.1, 0.15) is 0 Å². The van der Waals surface area contributed by atoms with Gasteiger partial charge in [0, 0.05) is 19.1 Å². The molecule has 1 aliphatic carbocycles. The highest BCUT2D eigenvalue weighted by molar-refractivity contribution is 7.87. The summed E-state index contributed by atoms with van der Waals surface area (Å²) in [5.74, 6) is 0. The summed E-state index contributed by atoms with van der Waals surface area (Å²) in [6, 6.07) is 0.0643. The number of aliphatic hydroxyl groups is 1. The van der Waals surface area contributed by atoms with Crippen LogP contribution in [0.15, 0.2) is 0 Å². The van der Waals surface area contributed by atoms with Crippen molar-refractivity contribution in [3.8, 4) is 0 Å². The van der Waals surface area contributed by atoms with Gasteiger partial charge in [-0.15, -0.1) is 0 Å². The topological polar surface area (TPSA) is 69.6 Å². The van der Waals surface area contributed by atoms with Crippen LogP contribution in [0.3, 0.4) is 0 Å². The van der Waals surface area contributed by atoms with Crippen LogP contribution in [0, 0.1) is 0 Å². The number of piperidine rings is 1. The van der Waals surface area contributed by atoms with Crippen LogP contribution < -0.4 is 4.72 Å². The smallest absolute Gasteiger partial charge is 0.279 e. The molecule has 1 saturated heterocycles. The molecule has 2 N–H and O–H groups in total. The van der Waals surface area contributed by atoms with Crippen molar-refractivity contribution in [2.45, 2.75) is 63.5 Å². The Kier molecular flexibility index (Phi) is 4.31. The van der Waals surface area contributed by atoms with Crippen molar-refractivity contribution in [2.75, 3.05) is 13.1 Å². The Morgan fingerprint density at radius 2 is 1.94 bits per heavy atom. The molecule has 0 radical (unpaired) electrons. The van der Waals surface area contributed by atoms with E-state index in [0.29, 0.717) is 19.4 Å². The first-order valence-corrected chi connectivity index (χ1v) is 8.36. The Balaban J connectivity index is 1.94. The van der Waals surface area contributed by atoms with Crippen LogP contribution in [0.2, 0.25) is 0 Å². The average Bonchev–Trinajstić information content (AvgIpc) is 2.75. The SMILES string of the molecule is CC1CCCCN1S(=O)(=O)NCC1(O)CCCC1. The van der Waals surface area contributed by atoms with Crippen molar-refractivity contribution in [3.05, 3.63) is 0 Å². The molecule has 0 aromatic carbocycles. The molecule has 1 heterocycles. The first-order valence-electron chi connectivity index (χ1n) is 6.92. The van der Waals surface area contributed by atoms with Crippen molar-refractivity contribution in [2.24, 2.45) is 0 Å². The van der Waals surface area contributed by atoms with Crippen LogP contribution >= 0.6 is 0 Å². The predicted octanol–water partition coefficient (Wildman–Crippen LogP) is 1.00. The Labute approximate surface area is 110 Å². The molecule has 6 heteroatoms. The monoisotopic (exact) mass is 276 g/mol. The lowest BCUT2D eigenvalue weighted by atomic mass is 10.0. The van der Waals surface area contributed by atoms with E-state index in [1.54, 1.807) is 0 Å². The van der Waals surface area contributed by atoms with Gasteiger partial charge in [0.15, 0.2) is 0 Å². The number of rotatable bonds is 4. The third-order valence-corrected chi connectivity index (χ3v) is 5.84. The van der Waals surface area contributed by atoms with Gasteiger partial charge in [0.05, 0.1) is 5.60 Å². The molecule has 0 spiro atoms. The van der Waals surface area contributed by atoms with Crippen molar-refractivity contribution in [1.29, 1.82) is 0 Å². The van der Waals surface area contributed by atoms with Crippen LogP contribution in [-0.2, 0) is 10.2 Å². The summed E-state index contributed by atoms with van der Waals surface area (Å²) < 4.78 is 28.5. The fourth-order valence-corrected chi connectivity index (χ4v) is 4.51. The van der Waals surface area contributed by atoms with E-state index in [1.165, 1.54) is 4.31 Å². The summed E-state index contributed by atoms with van der Waals surface area (Å²) in [6.07, 6.45) is 6.31. The van der Waals surface area contributed by atoms with E-state index in [0.717, 1.165) is 32.1 Å². The highest BCUT2D eigenvalue weighted by Crippen LogP contribution is 2.29. The second kappa shape index (κ2) is 5.45. The molecular formula is C12H24N2O3S. The Morgan fingerprint density at radius 3 is 2.56 bits per heavy atom. The van der Waals surface area contributed by atoms with E-state index < -0.39 is 15.8 Å². The normalized spacial score (nSPS) is 29.6. The Hall–Kier alpha value is -0.170. The van der Waals surface area contributed by atoms with Gasteiger partial charge in [-0.1, -0.05) is 19.3 Å². The fraction of sp³-hybridized carbons (Fsp3) is 1.00. The van der Waals surface area contributed by atoms with Crippen molar-refractivity contribution in [1.82, 2.24) is 9.03 Å². The van der Waals surface area contributed by atoms with Gasteiger partial charge in [-0.25, -0.2) is 0 Å². The van der Waals surface area contributed by atoms with Crippen LogP contribution in [-0.4, -0.2) is 42.6 Å². The Bertz CT molecular complexity index is 377. The lowest BCUT2D eigenvalue weighted by molar-refractivity contribution is 0.0525. The van der Waals surface area contributed by atoms with E-state index in [-0.39, 0.29) is 12.6 Å². The molecule has 1 unspecified atom stereocenters. The van der Waals surface area contributed by atoms with Crippen molar-refractivity contribution in [3.63, 3.8) is 0 Å². The van der Waals surface area contributed by atoms with Crippen LogP contribution in [0.25, 0.3) is 0 Å². The second-order valence-corrected chi connectivity index (χ2v) is 7.42. The summed E-state index contributed by atoms with van der Waals surface area (Å²) in [5.41, 5.74) is -0.827. The van der Waals surface area contributed by atoms with Crippen molar-refractivity contribution >= 4 is 10.2 Å². The highest BCUT2D eigenvalue weighted by Gasteiger charge is 2.35. The molecule has 2 aliphatic rings. The zero-order valence-corrected chi connectivity index (χ0v) is 11.9.